The third-order valence-electron chi connectivity index (χ3n) is 3.27. The van der Waals surface area contributed by atoms with Gasteiger partial charge in [-0.1, -0.05) is 0 Å². The topological polar surface area (TPSA) is 40.5 Å². The number of hydrogen-bond acceptors (Lipinski definition) is 3. The molecule has 0 saturated carbocycles. The molecule has 88 valence electrons. The summed E-state index contributed by atoms with van der Waals surface area (Å²) < 4.78 is 0. The van der Waals surface area contributed by atoms with Gasteiger partial charge in [0.05, 0.1) is 11.4 Å². The van der Waals surface area contributed by atoms with Crippen LogP contribution in [0, 0.1) is 6.92 Å². The quantitative estimate of drug-likeness (QED) is 0.881. The smallest absolute Gasteiger partial charge is 0.307 e. The Balaban J connectivity index is 2.22. The fourth-order valence-electron chi connectivity index (χ4n) is 2.30. The van der Waals surface area contributed by atoms with Crippen molar-refractivity contribution in [2.45, 2.75) is 39.2 Å². The van der Waals surface area contributed by atoms with Gasteiger partial charge >= 0.3 is 5.97 Å². The minimum absolute atomic E-state index is 0.143. The Labute approximate surface area is 99.7 Å². The van der Waals surface area contributed by atoms with Crippen molar-refractivity contribution in [2.24, 2.45) is 0 Å². The minimum Gasteiger partial charge on any atom is -0.481 e. The van der Waals surface area contributed by atoms with Crippen LogP contribution in [-0.4, -0.2) is 23.7 Å². The van der Waals surface area contributed by atoms with E-state index in [-0.39, 0.29) is 6.42 Å². The zero-order valence-electron chi connectivity index (χ0n) is 9.69. The second-order valence-corrected chi connectivity index (χ2v) is 5.30. The number of nitrogens with zero attached hydrogens (tertiary/aromatic N) is 1. The van der Waals surface area contributed by atoms with Crippen molar-refractivity contribution < 1.29 is 9.90 Å². The molecule has 2 rings (SSSR count). The molecule has 0 amide bonds. The van der Waals surface area contributed by atoms with Crippen LogP contribution < -0.4 is 4.90 Å². The highest BCUT2D eigenvalue weighted by Gasteiger charge is 2.24. The van der Waals surface area contributed by atoms with Gasteiger partial charge in [0, 0.05) is 12.6 Å². The molecule has 1 unspecified atom stereocenters. The fraction of sp³-hybridized carbons (Fsp3) is 0.583. The number of rotatable bonds is 3. The SMILES string of the molecule is Cc1c(CC(=O)O)csc1N1CCCC1C. The molecule has 1 aromatic heterocycles. The van der Waals surface area contributed by atoms with E-state index in [0.29, 0.717) is 6.04 Å². The number of aliphatic carboxylic acids is 1. The lowest BCUT2D eigenvalue weighted by atomic mass is 10.1. The fourth-order valence-corrected chi connectivity index (χ4v) is 3.52. The Morgan fingerprint density at radius 3 is 3.00 bits per heavy atom. The Morgan fingerprint density at radius 1 is 1.69 bits per heavy atom. The summed E-state index contributed by atoms with van der Waals surface area (Å²) >= 11 is 1.68. The van der Waals surface area contributed by atoms with Gasteiger partial charge in [-0.05, 0) is 43.2 Å². The number of carbonyl (C=O) groups is 1. The molecule has 0 bridgehead atoms. The van der Waals surface area contributed by atoms with Crippen molar-refractivity contribution >= 4 is 22.3 Å². The molecular formula is C12H17NO2S. The second-order valence-electron chi connectivity index (χ2n) is 4.45. The van der Waals surface area contributed by atoms with Crippen LogP contribution >= 0.6 is 11.3 Å². The molecule has 1 N–H and O–H groups in total. The number of carboxylic acids is 1. The van der Waals surface area contributed by atoms with Gasteiger partial charge in [-0.25, -0.2) is 0 Å². The second kappa shape index (κ2) is 4.45. The van der Waals surface area contributed by atoms with Crippen LogP contribution in [0.3, 0.4) is 0 Å². The average molecular weight is 239 g/mol. The number of anilines is 1. The highest BCUT2D eigenvalue weighted by molar-refractivity contribution is 7.14. The molecule has 0 radical (unpaired) electrons. The van der Waals surface area contributed by atoms with Crippen molar-refractivity contribution in [2.75, 3.05) is 11.4 Å². The van der Waals surface area contributed by atoms with E-state index in [1.165, 1.54) is 17.8 Å². The first kappa shape index (κ1) is 11.5. The van der Waals surface area contributed by atoms with Gasteiger partial charge in [0.1, 0.15) is 0 Å². The van der Waals surface area contributed by atoms with Crippen molar-refractivity contribution in [3.05, 3.63) is 16.5 Å². The van der Waals surface area contributed by atoms with E-state index in [1.54, 1.807) is 11.3 Å². The zero-order valence-corrected chi connectivity index (χ0v) is 10.5. The van der Waals surface area contributed by atoms with Gasteiger partial charge in [-0.2, -0.15) is 0 Å². The maximum Gasteiger partial charge on any atom is 0.307 e. The van der Waals surface area contributed by atoms with Crippen LogP contribution in [0.1, 0.15) is 30.9 Å². The van der Waals surface area contributed by atoms with Crippen molar-refractivity contribution in [1.82, 2.24) is 0 Å². The van der Waals surface area contributed by atoms with Gasteiger partial charge < -0.3 is 10.0 Å². The van der Waals surface area contributed by atoms with Crippen LogP contribution in [0.15, 0.2) is 5.38 Å². The first-order valence-corrected chi connectivity index (χ1v) is 6.53. The maximum atomic E-state index is 10.7. The van der Waals surface area contributed by atoms with E-state index >= 15 is 0 Å². The zero-order chi connectivity index (χ0) is 11.7. The first-order valence-electron chi connectivity index (χ1n) is 5.65. The molecule has 0 spiro atoms. The van der Waals surface area contributed by atoms with Gasteiger partial charge in [0.2, 0.25) is 0 Å². The third kappa shape index (κ3) is 2.07. The van der Waals surface area contributed by atoms with Crippen LogP contribution in [-0.2, 0) is 11.2 Å². The predicted octanol–water partition coefficient (Wildman–Crippen LogP) is 2.67. The maximum absolute atomic E-state index is 10.7. The van der Waals surface area contributed by atoms with Crippen LogP contribution in [0.2, 0.25) is 0 Å². The molecule has 1 atom stereocenters. The molecule has 0 aliphatic carbocycles. The third-order valence-corrected chi connectivity index (χ3v) is 4.44. The van der Waals surface area contributed by atoms with Crippen LogP contribution in [0.25, 0.3) is 0 Å². The lowest BCUT2D eigenvalue weighted by molar-refractivity contribution is -0.136. The normalized spacial score (nSPS) is 20.4. The summed E-state index contributed by atoms with van der Waals surface area (Å²) in [6.45, 7) is 5.38. The van der Waals surface area contributed by atoms with Crippen LogP contribution in [0.5, 0.6) is 0 Å². The van der Waals surface area contributed by atoms with Gasteiger partial charge in [0.25, 0.3) is 0 Å². The Morgan fingerprint density at radius 2 is 2.44 bits per heavy atom. The Bertz CT molecular complexity index is 400. The summed E-state index contributed by atoms with van der Waals surface area (Å²) in [6, 6.07) is 0.593. The van der Waals surface area contributed by atoms with E-state index in [2.05, 4.69) is 11.8 Å². The standard InChI is InChI=1S/C12H17NO2S/c1-8-4-3-5-13(8)12-9(2)10(7-16-12)6-11(14)15/h7-8H,3-6H2,1-2H3,(H,14,15). The largest absolute Gasteiger partial charge is 0.481 e. The number of hydrogen-bond donors (Lipinski definition) is 1. The van der Waals surface area contributed by atoms with E-state index in [1.807, 2.05) is 12.3 Å². The average Bonchev–Trinajstić information content (AvgIpc) is 2.75. The van der Waals surface area contributed by atoms with E-state index in [0.717, 1.165) is 17.7 Å². The molecule has 0 aromatic carbocycles. The van der Waals surface area contributed by atoms with Gasteiger partial charge in [-0.3, -0.25) is 4.79 Å². The molecule has 1 saturated heterocycles. The van der Waals surface area contributed by atoms with E-state index < -0.39 is 5.97 Å². The molecule has 1 aromatic rings. The molecular weight excluding hydrogens is 222 g/mol. The summed E-state index contributed by atoms with van der Waals surface area (Å²) in [5, 5.41) is 12.1. The van der Waals surface area contributed by atoms with Gasteiger partial charge in [0.15, 0.2) is 0 Å². The first-order chi connectivity index (χ1) is 7.59. The molecule has 2 heterocycles. The van der Waals surface area contributed by atoms with E-state index in [9.17, 15) is 4.79 Å². The van der Waals surface area contributed by atoms with Crippen molar-refractivity contribution in [3.8, 4) is 0 Å². The molecule has 3 nitrogen and oxygen atoms in total. The monoisotopic (exact) mass is 239 g/mol. The lowest BCUT2D eigenvalue weighted by Gasteiger charge is -2.23. The Kier molecular flexibility index (Phi) is 3.19. The van der Waals surface area contributed by atoms with Crippen LogP contribution in [0.4, 0.5) is 5.00 Å². The predicted molar refractivity (Wildman–Crippen MR) is 66.4 cm³/mol. The van der Waals surface area contributed by atoms with Crippen molar-refractivity contribution in [1.29, 1.82) is 0 Å². The van der Waals surface area contributed by atoms with E-state index in [4.69, 9.17) is 5.11 Å². The Hall–Kier alpha value is -1.03. The highest BCUT2D eigenvalue weighted by Crippen LogP contribution is 2.35. The molecule has 16 heavy (non-hydrogen) atoms. The highest BCUT2D eigenvalue weighted by atomic mass is 32.1. The molecule has 1 fully saturated rings. The summed E-state index contributed by atoms with van der Waals surface area (Å²) in [4.78, 5) is 13.1. The molecule has 1 aliphatic rings. The van der Waals surface area contributed by atoms with Crippen molar-refractivity contribution in [3.63, 3.8) is 0 Å². The summed E-state index contributed by atoms with van der Waals surface area (Å²) in [5.74, 6) is -0.748. The lowest BCUT2D eigenvalue weighted by Crippen LogP contribution is -2.25. The minimum atomic E-state index is -0.748. The summed E-state index contributed by atoms with van der Waals surface area (Å²) in [6.07, 6.45) is 2.63. The number of carboxylic acid groups (broad SMARTS) is 1. The summed E-state index contributed by atoms with van der Waals surface area (Å²) in [5.41, 5.74) is 2.12. The number of thiophene rings is 1. The molecule has 1 aliphatic heterocycles. The van der Waals surface area contributed by atoms with Gasteiger partial charge in [-0.15, -0.1) is 11.3 Å². The molecule has 4 heteroatoms. The summed E-state index contributed by atoms with van der Waals surface area (Å²) in [7, 11) is 0.